The lowest BCUT2D eigenvalue weighted by Crippen LogP contribution is -2.05. The van der Waals surface area contributed by atoms with Crippen molar-refractivity contribution in [1.29, 1.82) is 0 Å². The Morgan fingerprint density at radius 1 is 1.50 bits per heavy atom. The van der Waals surface area contributed by atoms with Gasteiger partial charge in [-0.3, -0.25) is 0 Å². The molecule has 0 saturated heterocycles. The highest BCUT2D eigenvalue weighted by molar-refractivity contribution is 5.41. The van der Waals surface area contributed by atoms with Crippen molar-refractivity contribution in [3.05, 3.63) is 17.7 Å². The summed E-state index contributed by atoms with van der Waals surface area (Å²) < 4.78 is 5.11. The minimum absolute atomic E-state index is 0.684. The van der Waals surface area contributed by atoms with Gasteiger partial charge in [0.1, 0.15) is 5.82 Å². The molecule has 1 fully saturated rings. The number of rotatable bonds is 4. The Morgan fingerprint density at radius 3 is 2.93 bits per heavy atom. The standard InChI is InChI=1S/C11H16N2O/c1-8-5-10(12-7-9-3-4-9)13-11(6-8)14-2/h5-6,9H,3-4,7H2,1-2H3,(H,12,13). The Balaban J connectivity index is 2.03. The van der Waals surface area contributed by atoms with Crippen LogP contribution in [0.4, 0.5) is 5.82 Å². The van der Waals surface area contributed by atoms with E-state index in [-0.39, 0.29) is 0 Å². The van der Waals surface area contributed by atoms with Crippen LogP contribution in [0.1, 0.15) is 18.4 Å². The molecule has 1 aromatic rings. The van der Waals surface area contributed by atoms with Crippen molar-refractivity contribution in [2.24, 2.45) is 5.92 Å². The van der Waals surface area contributed by atoms with Gasteiger partial charge in [0.15, 0.2) is 0 Å². The fourth-order valence-electron chi connectivity index (χ4n) is 1.40. The van der Waals surface area contributed by atoms with Crippen LogP contribution in [-0.2, 0) is 0 Å². The minimum atomic E-state index is 0.684. The summed E-state index contributed by atoms with van der Waals surface area (Å²) in [5.74, 6) is 2.47. The van der Waals surface area contributed by atoms with Crippen molar-refractivity contribution in [2.75, 3.05) is 19.0 Å². The molecule has 1 aromatic heterocycles. The molecule has 3 heteroatoms. The predicted molar refractivity (Wildman–Crippen MR) is 56.7 cm³/mol. The van der Waals surface area contributed by atoms with Gasteiger partial charge in [-0.1, -0.05) is 0 Å². The average molecular weight is 192 g/mol. The van der Waals surface area contributed by atoms with Crippen LogP contribution in [0.15, 0.2) is 12.1 Å². The number of ether oxygens (including phenoxy) is 1. The van der Waals surface area contributed by atoms with Gasteiger partial charge in [-0.05, 0) is 37.3 Å². The van der Waals surface area contributed by atoms with Gasteiger partial charge in [-0.2, -0.15) is 4.98 Å². The van der Waals surface area contributed by atoms with Gasteiger partial charge in [-0.15, -0.1) is 0 Å². The van der Waals surface area contributed by atoms with Gasteiger partial charge in [0, 0.05) is 12.6 Å². The summed E-state index contributed by atoms with van der Waals surface area (Å²) in [6.45, 7) is 3.09. The Labute approximate surface area is 84.5 Å². The largest absolute Gasteiger partial charge is 0.481 e. The molecule has 1 aliphatic carbocycles. The predicted octanol–water partition coefficient (Wildman–Crippen LogP) is 2.22. The van der Waals surface area contributed by atoms with E-state index in [0.29, 0.717) is 5.88 Å². The van der Waals surface area contributed by atoms with Gasteiger partial charge < -0.3 is 10.1 Å². The summed E-state index contributed by atoms with van der Waals surface area (Å²) in [5.41, 5.74) is 1.18. The van der Waals surface area contributed by atoms with Crippen LogP contribution in [0, 0.1) is 12.8 Å². The molecule has 1 saturated carbocycles. The number of nitrogens with zero attached hydrogens (tertiary/aromatic N) is 1. The van der Waals surface area contributed by atoms with Crippen LogP contribution in [-0.4, -0.2) is 18.6 Å². The van der Waals surface area contributed by atoms with Crippen LogP contribution in [0.5, 0.6) is 5.88 Å². The highest BCUT2D eigenvalue weighted by atomic mass is 16.5. The second-order valence-electron chi connectivity index (χ2n) is 3.90. The third kappa shape index (κ3) is 2.37. The summed E-state index contributed by atoms with van der Waals surface area (Å²) in [6, 6.07) is 3.98. The van der Waals surface area contributed by atoms with Crippen molar-refractivity contribution >= 4 is 5.82 Å². The van der Waals surface area contributed by atoms with E-state index in [0.717, 1.165) is 18.3 Å². The molecule has 0 aliphatic heterocycles. The Bertz CT molecular complexity index is 321. The normalized spacial score (nSPS) is 15.3. The Morgan fingerprint density at radius 2 is 2.29 bits per heavy atom. The second kappa shape index (κ2) is 3.86. The summed E-state index contributed by atoms with van der Waals surface area (Å²) in [6.07, 6.45) is 2.71. The first kappa shape index (κ1) is 9.31. The molecule has 1 N–H and O–H groups in total. The molecule has 0 spiro atoms. The number of pyridine rings is 1. The van der Waals surface area contributed by atoms with Crippen LogP contribution in [0.2, 0.25) is 0 Å². The molecule has 0 amide bonds. The average Bonchev–Trinajstić information content (AvgIpc) is 2.97. The number of hydrogen-bond acceptors (Lipinski definition) is 3. The summed E-state index contributed by atoms with van der Waals surface area (Å²) in [7, 11) is 1.65. The van der Waals surface area contributed by atoms with E-state index in [1.807, 2.05) is 19.1 Å². The van der Waals surface area contributed by atoms with Crippen molar-refractivity contribution in [1.82, 2.24) is 4.98 Å². The monoisotopic (exact) mass is 192 g/mol. The van der Waals surface area contributed by atoms with Gasteiger partial charge in [0.05, 0.1) is 7.11 Å². The molecule has 1 heterocycles. The van der Waals surface area contributed by atoms with Gasteiger partial charge in [-0.25, -0.2) is 0 Å². The van der Waals surface area contributed by atoms with Crippen molar-refractivity contribution in [3.63, 3.8) is 0 Å². The summed E-state index contributed by atoms with van der Waals surface area (Å²) >= 11 is 0. The topological polar surface area (TPSA) is 34.1 Å². The minimum Gasteiger partial charge on any atom is -0.481 e. The number of aromatic nitrogens is 1. The smallest absolute Gasteiger partial charge is 0.215 e. The van der Waals surface area contributed by atoms with Crippen LogP contribution < -0.4 is 10.1 Å². The van der Waals surface area contributed by atoms with E-state index in [2.05, 4.69) is 10.3 Å². The van der Waals surface area contributed by atoms with Gasteiger partial charge in [0.25, 0.3) is 0 Å². The molecule has 3 nitrogen and oxygen atoms in total. The molecular weight excluding hydrogens is 176 g/mol. The number of anilines is 1. The van der Waals surface area contributed by atoms with E-state index >= 15 is 0 Å². The number of aryl methyl sites for hydroxylation is 1. The number of nitrogens with one attached hydrogen (secondary N) is 1. The van der Waals surface area contributed by atoms with Gasteiger partial charge >= 0.3 is 0 Å². The van der Waals surface area contributed by atoms with E-state index in [1.54, 1.807) is 7.11 Å². The lowest BCUT2D eigenvalue weighted by molar-refractivity contribution is 0.398. The molecule has 0 bridgehead atoms. The SMILES string of the molecule is COc1cc(C)cc(NCC2CC2)n1. The first-order valence-electron chi connectivity index (χ1n) is 5.04. The molecule has 0 radical (unpaired) electrons. The zero-order valence-electron chi connectivity index (χ0n) is 8.71. The van der Waals surface area contributed by atoms with Gasteiger partial charge in [0.2, 0.25) is 5.88 Å². The van der Waals surface area contributed by atoms with Crippen LogP contribution in [0.25, 0.3) is 0 Å². The highest BCUT2D eigenvalue weighted by Crippen LogP contribution is 2.29. The Hall–Kier alpha value is -1.25. The third-order valence-corrected chi connectivity index (χ3v) is 2.42. The fourth-order valence-corrected chi connectivity index (χ4v) is 1.40. The first-order chi connectivity index (χ1) is 6.78. The summed E-state index contributed by atoms with van der Waals surface area (Å²) in [4.78, 5) is 4.32. The molecule has 14 heavy (non-hydrogen) atoms. The van der Waals surface area contributed by atoms with Crippen LogP contribution >= 0.6 is 0 Å². The quantitative estimate of drug-likeness (QED) is 0.794. The Kier molecular flexibility index (Phi) is 2.57. The van der Waals surface area contributed by atoms with Crippen molar-refractivity contribution < 1.29 is 4.74 Å². The molecule has 2 rings (SSSR count). The zero-order chi connectivity index (χ0) is 9.97. The van der Waals surface area contributed by atoms with Crippen molar-refractivity contribution in [2.45, 2.75) is 19.8 Å². The first-order valence-corrected chi connectivity index (χ1v) is 5.04. The van der Waals surface area contributed by atoms with Crippen molar-refractivity contribution in [3.8, 4) is 5.88 Å². The molecule has 76 valence electrons. The summed E-state index contributed by atoms with van der Waals surface area (Å²) in [5, 5.41) is 3.33. The zero-order valence-corrected chi connectivity index (χ0v) is 8.71. The molecule has 1 aliphatic rings. The van der Waals surface area contributed by atoms with E-state index < -0.39 is 0 Å². The molecule has 0 unspecified atom stereocenters. The maximum Gasteiger partial charge on any atom is 0.215 e. The van der Waals surface area contributed by atoms with Crippen LogP contribution in [0.3, 0.4) is 0 Å². The van der Waals surface area contributed by atoms with E-state index in [4.69, 9.17) is 4.74 Å². The molecule has 0 aromatic carbocycles. The number of hydrogen-bond donors (Lipinski definition) is 1. The molecular formula is C11H16N2O. The fraction of sp³-hybridized carbons (Fsp3) is 0.545. The van der Waals surface area contributed by atoms with E-state index in [9.17, 15) is 0 Å². The number of methoxy groups -OCH3 is 1. The maximum atomic E-state index is 5.11. The maximum absolute atomic E-state index is 5.11. The lowest BCUT2D eigenvalue weighted by Gasteiger charge is -2.07. The third-order valence-electron chi connectivity index (χ3n) is 2.42. The second-order valence-corrected chi connectivity index (χ2v) is 3.90. The van der Waals surface area contributed by atoms with E-state index in [1.165, 1.54) is 18.4 Å². The molecule has 0 atom stereocenters. The highest BCUT2D eigenvalue weighted by Gasteiger charge is 2.20. The lowest BCUT2D eigenvalue weighted by atomic mass is 10.3.